The average Bonchev–Trinajstić information content (AvgIpc) is 2.34. The Morgan fingerprint density at radius 2 is 2.33 bits per heavy atom. The van der Waals surface area contributed by atoms with Gasteiger partial charge in [-0.05, 0) is 13.3 Å². The summed E-state index contributed by atoms with van der Waals surface area (Å²) in [6, 6.07) is 1.68. The molecule has 1 heterocycles. The molecular weight excluding hydrogens is 249 g/mol. The molecule has 0 aliphatic heterocycles. The quantitative estimate of drug-likeness (QED) is 0.765. The number of thiophene rings is 1. The van der Waals surface area contributed by atoms with Crippen LogP contribution in [-0.2, 0) is 48.7 Å². The number of Topliss-reactive ketones (excluding diaryl/α,β-unsaturated/α-hetero) is 1. The maximum atomic E-state index is 10.7. The fourth-order valence-electron chi connectivity index (χ4n) is 0.795. The van der Waals surface area contributed by atoms with E-state index < -0.39 is 0 Å². The second kappa shape index (κ2) is 5.73. The van der Waals surface area contributed by atoms with Crippen LogP contribution in [0.15, 0.2) is 11.4 Å². The molecule has 1 aromatic rings. The number of rotatable bonds is 3. The molecule has 0 N–H and O–H groups in total. The van der Waals surface area contributed by atoms with Crippen molar-refractivity contribution >= 4 is 23.4 Å². The Kier molecular flexibility index (Phi) is 5.80. The zero-order chi connectivity index (χ0) is 8.27. The van der Waals surface area contributed by atoms with Crippen molar-refractivity contribution in [1.29, 1.82) is 0 Å². The van der Waals surface area contributed by atoms with Gasteiger partial charge >= 0.3 is 0 Å². The van der Waals surface area contributed by atoms with Crippen LogP contribution in [0.2, 0.25) is 0 Å². The van der Waals surface area contributed by atoms with E-state index in [1.165, 1.54) is 18.3 Å². The third-order valence-electron chi connectivity index (χ3n) is 1.26. The largest absolute Gasteiger partial charge is 0.376 e. The summed E-state index contributed by atoms with van der Waals surface area (Å²) in [5, 5.41) is 1.79. The molecule has 0 amide bonds. The predicted octanol–water partition coefficient (Wildman–Crippen LogP) is 1.33. The van der Waals surface area contributed by atoms with Gasteiger partial charge in [-0.2, -0.15) is 6.07 Å². The van der Waals surface area contributed by atoms with Crippen molar-refractivity contribution in [3.63, 3.8) is 0 Å². The van der Waals surface area contributed by atoms with Crippen molar-refractivity contribution in [2.45, 2.75) is 13.3 Å². The summed E-state index contributed by atoms with van der Waals surface area (Å²) in [6.45, 7) is 1.51. The van der Waals surface area contributed by atoms with E-state index in [0.717, 1.165) is 4.88 Å². The van der Waals surface area contributed by atoms with E-state index in [2.05, 4.69) is 0 Å². The summed E-state index contributed by atoms with van der Waals surface area (Å²) in [5.41, 5.74) is 0.519. The van der Waals surface area contributed by atoms with E-state index in [4.69, 9.17) is 0 Å². The molecule has 1 rings (SSSR count). The second-order valence-electron chi connectivity index (χ2n) is 2.24. The Bertz CT molecular complexity index is 280. The van der Waals surface area contributed by atoms with Crippen molar-refractivity contribution in [1.82, 2.24) is 0 Å². The first-order valence-electron chi connectivity index (χ1n) is 3.18. The van der Waals surface area contributed by atoms with Gasteiger partial charge in [0.05, 0.1) is 6.29 Å². The normalized spacial score (nSPS) is 8.75. The number of hydrogen-bond acceptors (Lipinski definition) is 3. The first-order valence-corrected chi connectivity index (χ1v) is 4.06. The SMILES string of the molecule is CC(=O)Cc1sccc1[C-]=O.[Y]. The molecule has 0 unspecified atom stereocenters. The monoisotopic (exact) mass is 256 g/mol. The summed E-state index contributed by atoms with van der Waals surface area (Å²) in [4.78, 5) is 21.7. The number of carbonyl (C=O) groups excluding carboxylic acids is 2. The van der Waals surface area contributed by atoms with Gasteiger partial charge in [0.2, 0.25) is 0 Å². The van der Waals surface area contributed by atoms with Gasteiger partial charge < -0.3 is 9.59 Å². The minimum Gasteiger partial charge on any atom is -0.376 e. The van der Waals surface area contributed by atoms with Gasteiger partial charge in [-0.1, -0.05) is 10.3 Å². The number of carbonyl (C=O) groups is 1. The van der Waals surface area contributed by atoms with Gasteiger partial charge in [0.1, 0.15) is 5.78 Å². The second-order valence-corrected chi connectivity index (χ2v) is 3.24. The van der Waals surface area contributed by atoms with Crippen LogP contribution in [0, 0.1) is 0 Å². The van der Waals surface area contributed by atoms with Gasteiger partial charge in [-0.3, -0.25) is 0 Å². The molecule has 4 heteroatoms. The Labute approximate surface area is 100 Å². The molecule has 0 aromatic carbocycles. The van der Waals surface area contributed by atoms with Crippen molar-refractivity contribution < 1.29 is 42.3 Å². The van der Waals surface area contributed by atoms with E-state index in [9.17, 15) is 9.59 Å². The topological polar surface area (TPSA) is 34.1 Å². The van der Waals surface area contributed by atoms with Gasteiger partial charge in [0.25, 0.3) is 0 Å². The molecule has 0 aliphatic rings. The standard InChI is InChI=1S/C8H7O2S.Y/c1-6(10)4-8-7(5-9)2-3-11-8;/h2-3H,4H2,1H3;/q-1;. The van der Waals surface area contributed by atoms with Crippen LogP contribution in [0.5, 0.6) is 0 Å². The van der Waals surface area contributed by atoms with Crippen molar-refractivity contribution in [2.24, 2.45) is 0 Å². The predicted molar refractivity (Wildman–Crippen MR) is 43.5 cm³/mol. The van der Waals surface area contributed by atoms with E-state index in [1.54, 1.807) is 17.7 Å². The molecule has 12 heavy (non-hydrogen) atoms. The van der Waals surface area contributed by atoms with Gasteiger partial charge in [-0.15, -0.1) is 5.56 Å². The zero-order valence-electron chi connectivity index (χ0n) is 6.66. The first kappa shape index (κ1) is 12.1. The Balaban J connectivity index is 0.00000121. The maximum absolute atomic E-state index is 10.7. The van der Waals surface area contributed by atoms with Crippen LogP contribution in [-0.4, -0.2) is 12.1 Å². The molecule has 0 aliphatic carbocycles. The molecule has 0 saturated heterocycles. The first-order chi connectivity index (χ1) is 5.24. The van der Waals surface area contributed by atoms with Crippen LogP contribution in [0.4, 0.5) is 0 Å². The molecule has 0 fully saturated rings. The number of ketones is 1. The molecule has 2 nitrogen and oxygen atoms in total. The maximum Gasteiger partial charge on any atom is 0.123 e. The molecule has 0 saturated carbocycles. The molecule has 0 bridgehead atoms. The summed E-state index contributed by atoms with van der Waals surface area (Å²) in [7, 11) is 0. The van der Waals surface area contributed by atoms with E-state index in [0.29, 0.717) is 12.0 Å². The van der Waals surface area contributed by atoms with Crippen molar-refractivity contribution in [3.8, 4) is 0 Å². The van der Waals surface area contributed by atoms with Crippen LogP contribution < -0.4 is 0 Å². The van der Waals surface area contributed by atoms with Crippen LogP contribution in [0.1, 0.15) is 17.4 Å². The molecule has 0 spiro atoms. The zero-order valence-corrected chi connectivity index (χ0v) is 10.3. The van der Waals surface area contributed by atoms with E-state index in [-0.39, 0.29) is 38.5 Å². The molecular formula is C8H7O2SY-. The Morgan fingerprint density at radius 1 is 1.67 bits per heavy atom. The third kappa shape index (κ3) is 3.25. The third-order valence-corrected chi connectivity index (χ3v) is 2.19. The molecule has 1 radical (unpaired) electrons. The van der Waals surface area contributed by atoms with Crippen molar-refractivity contribution in [3.05, 3.63) is 21.9 Å². The summed E-state index contributed by atoms with van der Waals surface area (Å²) >= 11 is 1.42. The summed E-state index contributed by atoms with van der Waals surface area (Å²) in [5.74, 6) is 0.0731. The Morgan fingerprint density at radius 3 is 2.83 bits per heavy atom. The Hall–Kier alpha value is 0.144. The average molecular weight is 256 g/mol. The van der Waals surface area contributed by atoms with Gasteiger partial charge in [0, 0.05) is 32.7 Å². The van der Waals surface area contributed by atoms with Crippen molar-refractivity contribution in [2.75, 3.05) is 0 Å². The molecule has 61 valence electrons. The van der Waals surface area contributed by atoms with E-state index >= 15 is 0 Å². The smallest absolute Gasteiger partial charge is 0.123 e. The van der Waals surface area contributed by atoms with Gasteiger partial charge in [-0.25, -0.2) is 11.3 Å². The summed E-state index contributed by atoms with van der Waals surface area (Å²) in [6.07, 6.45) is 2.14. The minimum absolute atomic E-state index is 0. The molecule has 0 atom stereocenters. The van der Waals surface area contributed by atoms with Crippen LogP contribution in [0.25, 0.3) is 0 Å². The van der Waals surface area contributed by atoms with E-state index in [1.807, 2.05) is 0 Å². The number of hydrogen-bond donors (Lipinski definition) is 0. The van der Waals surface area contributed by atoms with Crippen LogP contribution in [0.3, 0.4) is 0 Å². The molecule has 1 aromatic heterocycles. The minimum atomic E-state index is 0. The van der Waals surface area contributed by atoms with Gasteiger partial charge in [0.15, 0.2) is 0 Å². The van der Waals surface area contributed by atoms with Crippen LogP contribution >= 0.6 is 11.3 Å². The fraction of sp³-hybridized carbons (Fsp3) is 0.250. The fourth-order valence-corrected chi connectivity index (χ4v) is 1.69. The summed E-state index contributed by atoms with van der Waals surface area (Å²) < 4.78 is 0.